The molecule has 2 heterocycles. The Hall–Kier alpha value is -2.78. The maximum absolute atomic E-state index is 12.7. The van der Waals surface area contributed by atoms with Crippen molar-refractivity contribution in [2.45, 2.75) is 45.8 Å². The Labute approximate surface area is 192 Å². The Morgan fingerprint density at radius 1 is 1.31 bits per heavy atom. The first kappa shape index (κ1) is 23.9. The van der Waals surface area contributed by atoms with Crippen LogP contribution in [0.15, 0.2) is 24.3 Å². The number of hydrogen-bond donors (Lipinski definition) is 1. The molecule has 0 aliphatic carbocycles. The van der Waals surface area contributed by atoms with Gasteiger partial charge in [-0.05, 0) is 60.7 Å². The van der Waals surface area contributed by atoms with Crippen molar-refractivity contribution in [3.8, 4) is 0 Å². The lowest BCUT2D eigenvalue weighted by Gasteiger charge is -2.31. The van der Waals surface area contributed by atoms with E-state index in [1.165, 1.54) is 4.80 Å². The zero-order valence-electron chi connectivity index (χ0n) is 18.5. The zero-order valence-corrected chi connectivity index (χ0v) is 19.2. The minimum Gasteiger partial charge on any atom is -0.368 e. The second-order valence-corrected chi connectivity index (χ2v) is 8.17. The average Bonchev–Trinajstić information content (AvgIpc) is 3.20. The number of hydrogen-bond acceptors (Lipinski definition) is 6. The van der Waals surface area contributed by atoms with Gasteiger partial charge in [0.1, 0.15) is 6.61 Å². The average molecular weight is 461 g/mol. The third-order valence-corrected chi connectivity index (χ3v) is 5.39. The summed E-state index contributed by atoms with van der Waals surface area (Å²) in [6, 6.07) is 5.49. The molecular weight excluding hydrogens is 432 g/mol. The van der Waals surface area contributed by atoms with Crippen LogP contribution < -0.4 is 5.32 Å². The van der Waals surface area contributed by atoms with Crippen molar-refractivity contribution in [3.05, 3.63) is 46.2 Å². The monoisotopic (exact) mass is 460 g/mol. The van der Waals surface area contributed by atoms with Crippen molar-refractivity contribution in [1.29, 1.82) is 0 Å². The number of amides is 2. The molecule has 0 saturated carbocycles. The molecule has 0 atom stereocenters. The number of carbonyl (C=O) groups is 2. The molecule has 1 saturated heterocycles. The van der Waals surface area contributed by atoms with Crippen LogP contribution in [0, 0.1) is 6.92 Å². The van der Waals surface area contributed by atoms with E-state index in [-0.39, 0.29) is 24.5 Å². The quantitative estimate of drug-likeness (QED) is 0.576. The fraction of sp³-hybridized carbons (Fsp3) is 0.500. The summed E-state index contributed by atoms with van der Waals surface area (Å²) in [5.74, 6) is 0.441. The molecule has 0 unspecified atom stereocenters. The van der Waals surface area contributed by atoms with Gasteiger partial charge in [0, 0.05) is 30.7 Å². The van der Waals surface area contributed by atoms with Crippen molar-refractivity contribution in [3.63, 3.8) is 0 Å². The minimum atomic E-state index is -0.0942. The van der Waals surface area contributed by atoms with E-state index in [0.717, 1.165) is 17.5 Å². The molecule has 0 bridgehead atoms. The topological polar surface area (TPSA) is 102 Å². The first-order valence-electron chi connectivity index (χ1n) is 10.8. The lowest BCUT2D eigenvalue weighted by Crippen LogP contribution is -2.41. The molecule has 1 aromatic heterocycles. The Morgan fingerprint density at radius 3 is 2.78 bits per heavy atom. The second kappa shape index (κ2) is 11.7. The molecule has 172 valence electrons. The molecule has 2 aromatic rings. The smallest absolute Gasteiger partial charge is 0.246 e. The highest BCUT2D eigenvalue weighted by atomic mass is 35.5. The van der Waals surface area contributed by atoms with E-state index >= 15 is 0 Å². The van der Waals surface area contributed by atoms with Gasteiger partial charge >= 0.3 is 0 Å². The van der Waals surface area contributed by atoms with Crippen molar-refractivity contribution < 1.29 is 14.3 Å². The number of halogens is 1. The maximum atomic E-state index is 12.7. The summed E-state index contributed by atoms with van der Waals surface area (Å²) >= 11 is 6.15. The minimum absolute atomic E-state index is 0.00286. The van der Waals surface area contributed by atoms with Gasteiger partial charge in [0.25, 0.3) is 0 Å². The highest BCUT2D eigenvalue weighted by molar-refractivity contribution is 6.30. The second-order valence-electron chi connectivity index (χ2n) is 7.73. The molecule has 3 rings (SSSR count). The van der Waals surface area contributed by atoms with Gasteiger partial charge in [0.15, 0.2) is 5.82 Å². The Morgan fingerprint density at radius 2 is 2.09 bits per heavy atom. The van der Waals surface area contributed by atoms with Gasteiger partial charge in [-0.3, -0.25) is 9.59 Å². The zero-order chi connectivity index (χ0) is 22.9. The molecule has 1 fully saturated rings. The van der Waals surface area contributed by atoms with Gasteiger partial charge in [0.05, 0.1) is 12.6 Å². The van der Waals surface area contributed by atoms with E-state index in [9.17, 15) is 9.59 Å². The largest absolute Gasteiger partial charge is 0.368 e. The van der Waals surface area contributed by atoms with Gasteiger partial charge in [-0.25, -0.2) is 0 Å². The first-order chi connectivity index (χ1) is 15.4. The third kappa shape index (κ3) is 7.13. The van der Waals surface area contributed by atoms with Gasteiger partial charge in [-0.1, -0.05) is 24.6 Å². The summed E-state index contributed by atoms with van der Waals surface area (Å²) in [6.07, 6.45) is 5.68. The van der Waals surface area contributed by atoms with Crippen LogP contribution in [0.25, 0.3) is 6.08 Å². The molecule has 0 spiro atoms. The molecule has 1 aliphatic heterocycles. The molecule has 32 heavy (non-hydrogen) atoms. The van der Waals surface area contributed by atoms with Crippen LogP contribution in [0.1, 0.15) is 43.1 Å². The highest BCUT2D eigenvalue weighted by Gasteiger charge is 2.22. The van der Waals surface area contributed by atoms with E-state index in [1.54, 1.807) is 30.0 Å². The normalized spacial score (nSPS) is 14.8. The molecule has 9 nitrogen and oxygen atoms in total. The van der Waals surface area contributed by atoms with Crippen molar-refractivity contribution in [2.75, 3.05) is 26.2 Å². The number of aromatic nitrogens is 4. The number of ether oxygens (including phenoxy) is 1. The predicted octanol–water partition coefficient (Wildman–Crippen LogP) is 2.23. The number of piperidine rings is 1. The fourth-order valence-electron chi connectivity index (χ4n) is 3.43. The van der Waals surface area contributed by atoms with Crippen LogP contribution in [0.4, 0.5) is 0 Å². The van der Waals surface area contributed by atoms with Gasteiger partial charge in [-0.15, -0.1) is 10.2 Å². The summed E-state index contributed by atoms with van der Waals surface area (Å²) in [5.41, 5.74) is 1.77. The number of benzene rings is 1. The summed E-state index contributed by atoms with van der Waals surface area (Å²) in [7, 11) is 0. The molecule has 1 N–H and O–H groups in total. The first-order valence-corrected chi connectivity index (χ1v) is 11.2. The van der Waals surface area contributed by atoms with Crippen LogP contribution in [0.3, 0.4) is 0 Å². The number of nitrogens with zero attached hydrogens (tertiary/aromatic N) is 5. The summed E-state index contributed by atoms with van der Waals surface area (Å²) in [4.78, 5) is 27.6. The lowest BCUT2D eigenvalue weighted by molar-refractivity contribution is -0.133. The van der Waals surface area contributed by atoms with E-state index in [0.29, 0.717) is 49.9 Å². The van der Waals surface area contributed by atoms with Crippen molar-refractivity contribution in [1.82, 2.24) is 30.4 Å². The van der Waals surface area contributed by atoms with E-state index < -0.39 is 0 Å². The number of likely N-dealkylation sites (tertiary alicyclic amines) is 1. The number of aryl methyl sites for hydroxylation is 1. The van der Waals surface area contributed by atoms with Crippen molar-refractivity contribution >= 4 is 29.5 Å². The molecule has 10 heteroatoms. The third-order valence-electron chi connectivity index (χ3n) is 5.15. The van der Waals surface area contributed by atoms with Crippen LogP contribution >= 0.6 is 11.6 Å². The van der Waals surface area contributed by atoms with Gasteiger partial charge in [0.2, 0.25) is 11.8 Å². The number of rotatable bonds is 9. The standard InChI is InChI=1S/C22H29ClN6O3/c1-3-10-24-21(30)15-32-20-8-11-28(12-9-20)22(31)7-5-17-4-6-19(23)13-18(17)14-29-26-16(2)25-27-29/h4-7,13,20H,3,8-12,14-15H2,1-2H3,(H,24,30). The van der Waals surface area contributed by atoms with Crippen LogP contribution in [-0.4, -0.2) is 69.3 Å². The van der Waals surface area contributed by atoms with Gasteiger partial charge in [-0.2, -0.15) is 4.80 Å². The summed E-state index contributed by atoms with van der Waals surface area (Å²) in [5, 5.41) is 15.5. The molecule has 0 radical (unpaired) electrons. The van der Waals surface area contributed by atoms with E-state index in [2.05, 4.69) is 20.7 Å². The number of nitrogens with one attached hydrogen (secondary N) is 1. The summed E-state index contributed by atoms with van der Waals surface area (Å²) < 4.78 is 5.68. The molecule has 1 aromatic carbocycles. The maximum Gasteiger partial charge on any atom is 0.246 e. The SMILES string of the molecule is CCCNC(=O)COC1CCN(C(=O)C=Cc2ccc(Cl)cc2Cn2nnc(C)n2)CC1. The highest BCUT2D eigenvalue weighted by Crippen LogP contribution is 2.19. The Kier molecular flexibility index (Phi) is 8.75. The fourth-order valence-corrected chi connectivity index (χ4v) is 3.63. The van der Waals surface area contributed by atoms with Gasteiger partial charge < -0.3 is 15.0 Å². The summed E-state index contributed by atoms with van der Waals surface area (Å²) in [6.45, 7) is 6.11. The van der Waals surface area contributed by atoms with E-state index in [4.69, 9.17) is 16.3 Å². The lowest BCUT2D eigenvalue weighted by atomic mass is 10.1. The van der Waals surface area contributed by atoms with Crippen LogP contribution in [0.5, 0.6) is 0 Å². The van der Waals surface area contributed by atoms with Crippen molar-refractivity contribution in [2.24, 2.45) is 0 Å². The van der Waals surface area contributed by atoms with E-state index in [1.807, 2.05) is 19.1 Å². The molecule has 1 aliphatic rings. The van der Waals surface area contributed by atoms with Crippen LogP contribution in [0.2, 0.25) is 5.02 Å². The molecular formula is C22H29ClN6O3. The Balaban J connectivity index is 1.52. The predicted molar refractivity (Wildman–Crippen MR) is 121 cm³/mol. The number of tetrazole rings is 1. The molecule has 2 amide bonds. The number of carbonyl (C=O) groups excluding carboxylic acids is 2. The Bertz CT molecular complexity index is 953. The van der Waals surface area contributed by atoms with Crippen LogP contribution in [-0.2, 0) is 20.9 Å².